The van der Waals surface area contributed by atoms with Crippen molar-refractivity contribution in [2.75, 3.05) is 7.11 Å². The van der Waals surface area contributed by atoms with Gasteiger partial charge in [-0.3, -0.25) is 0 Å². The quantitative estimate of drug-likeness (QED) is 0.592. The Bertz CT molecular complexity index is 766. The van der Waals surface area contributed by atoms with Gasteiger partial charge in [-0.2, -0.15) is 5.10 Å². The van der Waals surface area contributed by atoms with Crippen LogP contribution in [0.2, 0.25) is 5.02 Å². The third-order valence-corrected chi connectivity index (χ3v) is 4.18. The Labute approximate surface area is 142 Å². The molecule has 0 N–H and O–H groups in total. The van der Waals surface area contributed by atoms with Gasteiger partial charge in [-0.05, 0) is 42.5 Å². The second-order valence-corrected chi connectivity index (χ2v) is 5.77. The number of hydrogen-bond donors (Lipinski definition) is 0. The van der Waals surface area contributed by atoms with Gasteiger partial charge in [0.15, 0.2) is 0 Å². The minimum atomic E-state index is 0.705. The molecule has 3 nitrogen and oxygen atoms in total. The SMILES string of the molecule is COc1ccc(-n2nc(CBr)cc2-c2ccc(Cl)cc2)cc1. The monoisotopic (exact) mass is 376 g/mol. The van der Waals surface area contributed by atoms with Crippen LogP contribution in [0, 0.1) is 0 Å². The zero-order valence-corrected chi connectivity index (χ0v) is 14.3. The number of aromatic nitrogens is 2. The number of ether oxygens (including phenoxy) is 1. The van der Waals surface area contributed by atoms with E-state index in [0.717, 1.165) is 33.4 Å². The molecule has 0 bridgehead atoms. The van der Waals surface area contributed by atoms with Crippen molar-refractivity contribution in [3.8, 4) is 22.7 Å². The Morgan fingerprint density at radius 2 is 1.77 bits per heavy atom. The molecule has 0 aliphatic heterocycles. The summed E-state index contributed by atoms with van der Waals surface area (Å²) in [6.07, 6.45) is 0. The zero-order valence-electron chi connectivity index (χ0n) is 12.0. The molecule has 0 spiro atoms. The first-order chi connectivity index (χ1) is 10.7. The van der Waals surface area contributed by atoms with Gasteiger partial charge in [-0.15, -0.1) is 0 Å². The van der Waals surface area contributed by atoms with E-state index in [1.807, 2.05) is 53.2 Å². The van der Waals surface area contributed by atoms with Gasteiger partial charge < -0.3 is 4.74 Å². The number of methoxy groups -OCH3 is 1. The topological polar surface area (TPSA) is 27.1 Å². The molecule has 1 heterocycles. The normalized spacial score (nSPS) is 10.7. The maximum absolute atomic E-state index is 5.98. The van der Waals surface area contributed by atoms with Crippen LogP contribution >= 0.6 is 27.5 Å². The summed E-state index contributed by atoms with van der Waals surface area (Å²) in [7, 11) is 1.66. The smallest absolute Gasteiger partial charge is 0.119 e. The first-order valence-corrected chi connectivity index (χ1v) is 8.26. The molecule has 22 heavy (non-hydrogen) atoms. The van der Waals surface area contributed by atoms with Crippen molar-refractivity contribution >= 4 is 27.5 Å². The van der Waals surface area contributed by atoms with Gasteiger partial charge in [0.05, 0.1) is 24.2 Å². The molecular weight excluding hydrogens is 364 g/mol. The second-order valence-electron chi connectivity index (χ2n) is 4.77. The van der Waals surface area contributed by atoms with Gasteiger partial charge in [0, 0.05) is 15.9 Å². The highest BCUT2D eigenvalue weighted by molar-refractivity contribution is 9.08. The molecular formula is C17H14BrClN2O. The first kappa shape index (κ1) is 15.1. The molecule has 0 unspecified atom stereocenters. The summed E-state index contributed by atoms with van der Waals surface area (Å²) in [5.41, 5.74) is 4.05. The van der Waals surface area contributed by atoms with Gasteiger partial charge in [0.25, 0.3) is 0 Å². The summed E-state index contributed by atoms with van der Waals surface area (Å²) in [4.78, 5) is 0. The van der Waals surface area contributed by atoms with E-state index in [2.05, 4.69) is 27.1 Å². The maximum atomic E-state index is 5.98. The lowest BCUT2D eigenvalue weighted by Gasteiger charge is -2.08. The van der Waals surface area contributed by atoms with Gasteiger partial charge in [-0.1, -0.05) is 39.7 Å². The standard InChI is InChI=1S/C17H14BrClN2O/c1-22-16-8-6-15(7-9-16)21-17(10-14(11-18)20-21)12-2-4-13(19)5-3-12/h2-10H,11H2,1H3. The Kier molecular flexibility index (Phi) is 4.50. The van der Waals surface area contributed by atoms with Gasteiger partial charge in [-0.25, -0.2) is 4.68 Å². The lowest BCUT2D eigenvalue weighted by atomic mass is 10.1. The third-order valence-electron chi connectivity index (χ3n) is 3.35. The van der Waals surface area contributed by atoms with Crippen LogP contribution < -0.4 is 4.74 Å². The first-order valence-electron chi connectivity index (χ1n) is 6.76. The number of benzene rings is 2. The highest BCUT2D eigenvalue weighted by Crippen LogP contribution is 2.27. The molecule has 0 saturated carbocycles. The Morgan fingerprint density at radius 1 is 1.09 bits per heavy atom. The highest BCUT2D eigenvalue weighted by Gasteiger charge is 2.11. The number of nitrogens with zero attached hydrogens (tertiary/aromatic N) is 2. The van der Waals surface area contributed by atoms with E-state index in [0.29, 0.717) is 5.33 Å². The van der Waals surface area contributed by atoms with Crippen LogP contribution in [0.25, 0.3) is 16.9 Å². The molecule has 1 aromatic heterocycles. The molecule has 0 fully saturated rings. The molecule has 0 radical (unpaired) electrons. The Hall–Kier alpha value is -1.78. The molecule has 112 valence electrons. The molecule has 0 saturated heterocycles. The van der Waals surface area contributed by atoms with E-state index in [1.54, 1.807) is 7.11 Å². The molecule has 0 aliphatic rings. The molecule has 0 aliphatic carbocycles. The van der Waals surface area contributed by atoms with E-state index in [4.69, 9.17) is 16.3 Å². The summed E-state index contributed by atoms with van der Waals surface area (Å²) in [6, 6.07) is 17.7. The minimum Gasteiger partial charge on any atom is -0.497 e. The van der Waals surface area contributed by atoms with Crippen molar-refractivity contribution < 1.29 is 4.74 Å². The van der Waals surface area contributed by atoms with Crippen LogP contribution in [0.4, 0.5) is 0 Å². The molecule has 3 aromatic rings. The molecule has 0 atom stereocenters. The summed E-state index contributed by atoms with van der Waals surface area (Å²) in [5.74, 6) is 0.824. The molecule has 3 rings (SSSR count). The van der Waals surface area contributed by atoms with Crippen LogP contribution in [0.5, 0.6) is 5.75 Å². The van der Waals surface area contributed by atoms with Crippen molar-refractivity contribution in [2.24, 2.45) is 0 Å². The maximum Gasteiger partial charge on any atom is 0.119 e. The molecule has 5 heteroatoms. The summed E-state index contributed by atoms with van der Waals surface area (Å²) in [6.45, 7) is 0. The highest BCUT2D eigenvalue weighted by atomic mass is 79.9. The van der Waals surface area contributed by atoms with Crippen LogP contribution in [-0.2, 0) is 5.33 Å². The Balaban J connectivity index is 2.09. The predicted octanol–water partition coefficient (Wildman–Crippen LogP) is 5.10. The summed E-state index contributed by atoms with van der Waals surface area (Å²) >= 11 is 9.45. The fraction of sp³-hybridized carbons (Fsp3) is 0.118. The van der Waals surface area contributed by atoms with Crippen LogP contribution in [0.15, 0.2) is 54.6 Å². The van der Waals surface area contributed by atoms with Crippen molar-refractivity contribution in [1.82, 2.24) is 9.78 Å². The molecule has 0 amide bonds. The summed E-state index contributed by atoms with van der Waals surface area (Å²) < 4.78 is 7.14. The van der Waals surface area contributed by atoms with Crippen molar-refractivity contribution in [3.05, 3.63) is 65.3 Å². The van der Waals surface area contributed by atoms with Crippen molar-refractivity contribution in [1.29, 1.82) is 0 Å². The molecule has 2 aromatic carbocycles. The van der Waals surface area contributed by atoms with E-state index < -0.39 is 0 Å². The lowest BCUT2D eigenvalue weighted by Crippen LogP contribution is -1.99. The average molecular weight is 378 g/mol. The van der Waals surface area contributed by atoms with Crippen LogP contribution in [0.3, 0.4) is 0 Å². The summed E-state index contributed by atoms with van der Waals surface area (Å²) in [5, 5.41) is 6.08. The second kappa shape index (κ2) is 6.55. The zero-order chi connectivity index (χ0) is 15.5. The van der Waals surface area contributed by atoms with Crippen LogP contribution in [-0.4, -0.2) is 16.9 Å². The van der Waals surface area contributed by atoms with E-state index in [9.17, 15) is 0 Å². The van der Waals surface area contributed by atoms with Gasteiger partial charge >= 0.3 is 0 Å². The predicted molar refractivity (Wildman–Crippen MR) is 93.2 cm³/mol. The van der Waals surface area contributed by atoms with Gasteiger partial charge in [0.2, 0.25) is 0 Å². The van der Waals surface area contributed by atoms with Gasteiger partial charge in [0.1, 0.15) is 5.75 Å². The number of halogens is 2. The number of rotatable bonds is 4. The van der Waals surface area contributed by atoms with E-state index in [1.165, 1.54) is 0 Å². The van der Waals surface area contributed by atoms with E-state index >= 15 is 0 Å². The lowest BCUT2D eigenvalue weighted by molar-refractivity contribution is 0.414. The van der Waals surface area contributed by atoms with Crippen molar-refractivity contribution in [3.63, 3.8) is 0 Å². The van der Waals surface area contributed by atoms with Crippen molar-refractivity contribution in [2.45, 2.75) is 5.33 Å². The largest absolute Gasteiger partial charge is 0.497 e. The fourth-order valence-corrected chi connectivity index (χ4v) is 2.64. The van der Waals surface area contributed by atoms with Crippen LogP contribution in [0.1, 0.15) is 5.69 Å². The number of alkyl halides is 1. The van der Waals surface area contributed by atoms with E-state index in [-0.39, 0.29) is 0 Å². The Morgan fingerprint density at radius 3 is 2.36 bits per heavy atom. The third kappa shape index (κ3) is 3.03. The minimum absolute atomic E-state index is 0.705. The average Bonchev–Trinajstić information content (AvgIpc) is 3.00. The number of hydrogen-bond acceptors (Lipinski definition) is 2. The fourth-order valence-electron chi connectivity index (χ4n) is 2.24.